The van der Waals surface area contributed by atoms with Crippen LogP contribution in [-0.2, 0) is 11.3 Å². The summed E-state index contributed by atoms with van der Waals surface area (Å²) >= 11 is 0. The first-order valence-corrected chi connectivity index (χ1v) is 6.96. The van der Waals surface area contributed by atoms with Crippen molar-refractivity contribution in [1.82, 2.24) is 4.90 Å². The molecule has 0 saturated heterocycles. The first-order valence-electron chi connectivity index (χ1n) is 6.96. The molecule has 0 bridgehead atoms. The van der Waals surface area contributed by atoms with Crippen molar-refractivity contribution in [3.05, 3.63) is 23.2 Å². The predicted octanol–water partition coefficient (Wildman–Crippen LogP) is 2.18. The minimum Gasteiger partial charge on any atom is -0.465 e. The number of rotatable bonds is 7. The van der Waals surface area contributed by atoms with Gasteiger partial charge in [-0.15, -0.1) is 0 Å². The molecule has 0 spiro atoms. The molecule has 1 aromatic rings. The van der Waals surface area contributed by atoms with Gasteiger partial charge >= 0.3 is 5.97 Å². The van der Waals surface area contributed by atoms with Crippen molar-refractivity contribution in [2.45, 2.75) is 39.8 Å². The molecule has 5 heteroatoms. The van der Waals surface area contributed by atoms with Gasteiger partial charge in [0.05, 0.1) is 13.7 Å². The fraction of sp³-hybridized carbons (Fsp3) is 0.667. The van der Waals surface area contributed by atoms with Crippen LogP contribution in [0.2, 0.25) is 0 Å². The van der Waals surface area contributed by atoms with Crippen molar-refractivity contribution >= 4 is 5.97 Å². The fourth-order valence-electron chi connectivity index (χ4n) is 1.98. The molecule has 0 aliphatic carbocycles. The number of carbonyl (C=O) groups is 1. The first kappa shape index (κ1) is 16.7. The summed E-state index contributed by atoms with van der Waals surface area (Å²) < 4.78 is 10.3. The monoisotopic (exact) mass is 282 g/mol. The summed E-state index contributed by atoms with van der Waals surface area (Å²) in [6, 6.07) is 1.96. The van der Waals surface area contributed by atoms with Crippen molar-refractivity contribution in [2.24, 2.45) is 11.7 Å². The summed E-state index contributed by atoms with van der Waals surface area (Å²) in [5, 5.41) is 0. The number of ether oxygens (including phenoxy) is 1. The highest BCUT2D eigenvalue weighted by atomic mass is 16.5. The van der Waals surface area contributed by atoms with Crippen LogP contribution < -0.4 is 5.73 Å². The predicted molar refractivity (Wildman–Crippen MR) is 78.5 cm³/mol. The Morgan fingerprint density at radius 3 is 2.70 bits per heavy atom. The van der Waals surface area contributed by atoms with E-state index < -0.39 is 0 Å². The number of nitrogens with zero attached hydrogens (tertiary/aromatic N) is 1. The number of methoxy groups -OCH3 is 1. The number of hydrogen-bond donors (Lipinski definition) is 1. The average molecular weight is 282 g/mol. The average Bonchev–Trinajstić information content (AvgIpc) is 2.75. The van der Waals surface area contributed by atoms with E-state index in [9.17, 15) is 4.79 Å². The van der Waals surface area contributed by atoms with Crippen molar-refractivity contribution in [1.29, 1.82) is 0 Å². The Balaban J connectivity index is 2.54. The van der Waals surface area contributed by atoms with Crippen LogP contribution in [0.25, 0.3) is 0 Å². The molecule has 0 fully saturated rings. The summed E-state index contributed by atoms with van der Waals surface area (Å²) in [7, 11) is 3.39. The zero-order valence-corrected chi connectivity index (χ0v) is 13.1. The van der Waals surface area contributed by atoms with Gasteiger partial charge in [-0.05, 0) is 38.9 Å². The maximum absolute atomic E-state index is 11.5. The van der Waals surface area contributed by atoms with E-state index in [4.69, 9.17) is 14.9 Å². The summed E-state index contributed by atoms with van der Waals surface area (Å²) in [4.78, 5) is 13.7. The van der Waals surface area contributed by atoms with Gasteiger partial charge in [-0.1, -0.05) is 13.8 Å². The van der Waals surface area contributed by atoms with Gasteiger partial charge in [0.1, 0.15) is 17.1 Å². The van der Waals surface area contributed by atoms with Gasteiger partial charge in [0.2, 0.25) is 0 Å². The minimum atomic E-state index is -0.359. The number of carbonyl (C=O) groups excluding carboxylic acids is 1. The zero-order chi connectivity index (χ0) is 15.3. The van der Waals surface area contributed by atoms with Crippen molar-refractivity contribution < 1.29 is 13.9 Å². The van der Waals surface area contributed by atoms with Gasteiger partial charge in [0.15, 0.2) is 0 Å². The molecule has 20 heavy (non-hydrogen) atoms. The second kappa shape index (κ2) is 7.45. The summed E-state index contributed by atoms with van der Waals surface area (Å²) in [6.45, 7) is 7.58. The Morgan fingerprint density at radius 1 is 1.50 bits per heavy atom. The van der Waals surface area contributed by atoms with Crippen LogP contribution in [0.4, 0.5) is 0 Å². The molecular weight excluding hydrogens is 256 g/mol. The molecule has 0 aliphatic heterocycles. The minimum absolute atomic E-state index is 0.210. The highest BCUT2D eigenvalue weighted by Crippen LogP contribution is 2.17. The van der Waals surface area contributed by atoms with Crippen LogP contribution in [-0.4, -0.2) is 37.6 Å². The molecule has 1 rings (SSSR count). The third kappa shape index (κ3) is 4.65. The largest absolute Gasteiger partial charge is 0.465 e. The smallest absolute Gasteiger partial charge is 0.341 e. The van der Waals surface area contributed by atoms with E-state index in [1.54, 1.807) is 13.0 Å². The second-order valence-electron chi connectivity index (χ2n) is 5.61. The number of esters is 1. The third-order valence-corrected chi connectivity index (χ3v) is 3.50. The highest BCUT2D eigenvalue weighted by molar-refractivity contribution is 5.90. The molecule has 0 saturated carbocycles. The van der Waals surface area contributed by atoms with E-state index in [1.807, 2.05) is 7.05 Å². The normalized spacial score (nSPS) is 13.0. The van der Waals surface area contributed by atoms with Crippen molar-refractivity contribution in [3.8, 4) is 0 Å². The lowest BCUT2D eigenvalue weighted by Gasteiger charge is -2.20. The third-order valence-electron chi connectivity index (χ3n) is 3.50. The molecular formula is C15H26N2O3. The van der Waals surface area contributed by atoms with E-state index in [1.165, 1.54) is 7.11 Å². The van der Waals surface area contributed by atoms with Crippen LogP contribution in [0.3, 0.4) is 0 Å². The van der Waals surface area contributed by atoms with Gasteiger partial charge < -0.3 is 14.9 Å². The van der Waals surface area contributed by atoms with Gasteiger partial charge in [0.25, 0.3) is 0 Å². The Hall–Kier alpha value is -1.33. The SMILES string of the molecule is COC(=O)c1cc(CN(C)CCC(N)C(C)C)oc1C. The topological polar surface area (TPSA) is 68.7 Å². The fourth-order valence-corrected chi connectivity index (χ4v) is 1.98. The highest BCUT2D eigenvalue weighted by Gasteiger charge is 2.16. The van der Waals surface area contributed by atoms with E-state index in [2.05, 4.69) is 18.7 Å². The maximum Gasteiger partial charge on any atom is 0.341 e. The Labute approximate surface area is 121 Å². The number of nitrogens with two attached hydrogens (primary N) is 1. The van der Waals surface area contributed by atoms with Crippen LogP contribution in [0, 0.1) is 12.8 Å². The Kier molecular flexibility index (Phi) is 6.23. The molecule has 5 nitrogen and oxygen atoms in total. The molecule has 0 aliphatic rings. The molecule has 1 atom stereocenters. The molecule has 1 unspecified atom stereocenters. The second-order valence-corrected chi connectivity index (χ2v) is 5.61. The zero-order valence-electron chi connectivity index (χ0n) is 13.1. The molecule has 1 aromatic heterocycles. The number of aryl methyl sites for hydroxylation is 1. The van der Waals surface area contributed by atoms with E-state index >= 15 is 0 Å². The summed E-state index contributed by atoms with van der Waals surface area (Å²) in [6.07, 6.45) is 0.942. The van der Waals surface area contributed by atoms with Gasteiger partial charge in [-0.3, -0.25) is 4.90 Å². The van der Waals surface area contributed by atoms with Gasteiger partial charge in [0, 0.05) is 6.04 Å². The molecule has 0 radical (unpaired) electrons. The van der Waals surface area contributed by atoms with Crippen molar-refractivity contribution in [3.63, 3.8) is 0 Å². The first-order chi connectivity index (χ1) is 9.35. The number of hydrogen-bond acceptors (Lipinski definition) is 5. The molecule has 2 N–H and O–H groups in total. The maximum atomic E-state index is 11.5. The summed E-state index contributed by atoms with van der Waals surface area (Å²) in [5.41, 5.74) is 6.53. The van der Waals surface area contributed by atoms with Crippen LogP contribution >= 0.6 is 0 Å². The lowest BCUT2D eigenvalue weighted by atomic mass is 10.0. The van der Waals surface area contributed by atoms with E-state index in [0.717, 1.165) is 18.7 Å². The van der Waals surface area contributed by atoms with Crippen LogP contribution in [0.5, 0.6) is 0 Å². The van der Waals surface area contributed by atoms with Gasteiger partial charge in [-0.2, -0.15) is 0 Å². The number of furan rings is 1. The van der Waals surface area contributed by atoms with Gasteiger partial charge in [-0.25, -0.2) is 4.79 Å². The summed E-state index contributed by atoms with van der Waals surface area (Å²) in [5.74, 6) is 1.49. The molecule has 0 aromatic carbocycles. The van der Waals surface area contributed by atoms with E-state index in [0.29, 0.717) is 23.8 Å². The Morgan fingerprint density at radius 2 is 2.15 bits per heavy atom. The quantitative estimate of drug-likeness (QED) is 0.776. The molecule has 114 valence electrons. The molecule has 0 amide bonds. The van der Waals surface area contributed by atoms with Crippen LogP contribution in [0.1, 0.15) is 42.1 Å². The standard InChI is InChI=1S/C15H26N2O3/c1-10(2)14(16)6-7-17(4)9-12-8-13(11(3)20-12)15(18)19-5/h8,10,14H,6-7,9,16H2,1-5H3. The van der Waals surface area contributed by atoms with Crippen LogP contribution in [0.15, 0.2) is 10.5 Å². The molecule has 1 heterocycles. The lowest BCUT2D eigenvalue weighted by Crippen LogP contribution is -2.31. The van der Waals surface area contributed by atoms with E-state index in [-0.39, 0.29) is 12.0 Å². The van der Waals surface area contributed by atoms with Crippen molar-refractivity contribution in [2.75, 3.05) is 20.7 Å². The Bertz CT molecular complexity index is 440. The lowest BCUT2D eigenvalue weighted by molar-refractivity contribution is 0.0599.